The Kier molecular flexibility index (Phi) is 2.81. The number of nitrogens with zero attached hydrogens (tertiary/aromatic N) is 2. The van der Waals surface area contributed by atoms with Crippen molar-refractivity contribution in [3.63, 3.8) is 0 Å². The molecule has 0 amide bonds. The molecule has 0 saturated carbocycles. The third kappa shape index (κ3) is 1.91. The molecule has 1 unspecified atom stereocenters. The van der Waals surface area contributed by atoms with Crippen molar-refractivity contribution in [3.05, 3.63) is 46.9 Å². The number of aryl methyl sites for hydroxylation is 1. The number of carbonyl (C=O) groups is 1. The predicted octanol–water partition coefficient (Wildman–Crippen LogP) is 2.34. The summed E-state index contributed by atoms with van der Waals surface area (Å²) in [5.74, 6) is -0.0301. The zero-order chi connectivity index (χ0) is 13.4. The second-order valence-electron chi connectivity index (χ2n) is 4.77. The summed E-state index contributed by atoms with van der Waals surface area (Å²) in [6.45, 7) is 0.814. The molecular formula is C14H14FN3O. The quantitative estimate of drug-likeness (QED) is 0.842. The standard InChI is InChI=1S/C14H14FN3O/c15-12-5-1-3-9(11(12)8-19)10-4-2-6-18-13(10)7-14(16)17-18/h1,3,5,7-8,10H,2,4,6H2,(H2,16,17). The van der Waals surface area contributed by atoms with E-state index in [2.05, 4.69) is 5.10 Å². The lowest BCUT2D eigenvalue weighted by atomic mass is 9.86. The molecule has 0 spiro atoms. The monoisotopic (exact) mass is 259 g/mol. The summed E-state index contributed by atoms with van der Waals surface area (Å²) in [6, 6.07) is 6.55. The van der Waals surface area contributed by atoms with E-state index in [-0.39, 0.29) is 11.5 Å². The van der Waals surface area contributed by atoms with Crippen LogP contribution in [0.4, 0.5) is 10.2 Å². The Labute approximate surface area is 110 Å². The number of hydrogen-bond acceptors (Lipinski definition) is 3. The Morgan fingerprint density at radius 1 is 1.47 bits per heavy atom. The number of nitrogen functional groups attached to an aromatic ring is 1. The van der Waals surface area contributed by atoms with Gasteiger partial charge in [-0.25, -0.2) is 4.39 Å². The van der Waals surface area contributed by atoms with Crippen LogP contribution in [0.15, 0.2) is 24.3 Å². The third-order valence-electron chi connectivity index (χ3n) is 3.63. The Balaban J connectivity index is 2.13. The Morgan fingerprint density at radius 2 is 2.32 bits per heavy atom. The number of fused-ring (bicyclic) bond motifs is 1. The van der Waals surface area contributed by atoms with E-state index in [0.717, 1.165) is 30.6 Å². The van der Waals surface area contributed by atoms with Gasteiger partial charge in [0.15, 0.2) is 6.29 Å². The number of benzene rings is 1. The zero-order valence-corrected chi connectivity index (χ0v) is 10.3. The summed E-state index contributed by atoms with van der Waals surface area (Å²) in [6.07, 6.45) is 2.40. The highest BCUT2D eigenvalue weighted by Crippen LogP contribution is 2.35. The van der Waals surface area contributed by atoms with E-state index in [1.165, 1.54) is 6.07 Å². The Bertz CT molecular complexity index is 636. The minimum absolute atomic E-state index is 0.0190. The molecular weight excluding hydrogens is 245 g/mol. The first kappa shape index (κ1) is 11.9. The summed E-state index contributed by atoms with van der Waals surface area (Å²) < 4.78 is 15.6. The fourth-order valence-corrected chi connectivity index (χ4v) is 2.80. The largest absolute Gasteiger partial charge is 0.382 e. The minimum Gasteiger partial charge on any atom is -0.382 e. The van der Waals surface area contributed by atoms with Crippen LogP contribution in [0, 0.1) is 5.82 Å². The highest BCUT2D eigenvalue weighted by molar-refractivity contribution is 5.78. The molecule has 1 aromatic heterocycles. The number of halogens is 1. The molecule has 0 bridgehead atoms. The van der Waals surface area contributed by atoms with Gasteiger partial charge in [0.25, 0.3) is 0 Å². The predicted molar refractivity (Wildman–Crippen MR) is 69.5 cm³/mol. The lowest BCUT2D eigenvalue weighted by Gasteiger charge is -2.24. The molecule has 2 N–H and O–H groups in total. The van der Waals surface area contributed by atoms with Gasteiger partial charge in [-0.1, -0.05) is 12.1 Å². The van der Waals surface area contributed by atoms with E-state index in [9.17, 15) is 9.18 Å². The number of nitrogens with two attached hydrogens (primary N) is 1. The van der Waals surface area contributed by atoms with Crippen molar-refractivity contribution in [1.29, 1.82) is 0 Å². The molecule has 1 aromatic carbocycles. The van der Waals surface area contributed by atoms with Crippen molar-refractivity contribution >= 4 is 12.1 Å². The lowest BCUT2D eigenvalue weighted by Crippen LogP contribution is -2.18. The molecule has 1 atom stereocenters. The number of aromatic nitrogens is 2. The second kappa shape index (κ2) is 4.50. The smallest absolute Gasteiger partial charge is 0.153 e. The average molecular weight is 259 g/mol. The molecule has 98 valence electrons. The van der Waals surface area contributed by atoms with Crippen molar-refractivity contribution in [2.45, 2.75) is 25.3 Å². The van der Waals surface area contributed by atoms with Gasteiger partial charge in [0.05, 0.1) is 5.56 Å². The average Bonchev–Trinajstić information content (AvgIpc) is 2.78. The summed E-state index contributed by atoms with van der Waals surface area (Å²) in [7, 11) is 0. The number of rotatable bonds is 2. The zero-order valence-electron chi connectivity index (χ0n) is 10.3. The first-order valence-corrected chi connectivity index (χ1v) is 6.27. The first-order chi connectivity index (χ1) is 9.20. The molecule has 0 aliphatic carbocycles. The van der Waals surface area contributed by atoms with Gasteiger partial charge in [0, 0.05) is 24.2 Å². The summed E-state index contributed by atoms with van der Waals surface area (Å²) in [5.41, 5.74) is 7.54. The van der Waals surface area contributed by atoms with Crippen LogP contribution in [0.2, 0.25) is 0 Å². The van der Waals surface area contributed by atoms with Gasteiger partial charge in [-0.2, -0.15) is 5.10 Å². The maximum atomic E-state index is 13.7. The summed E-state index contributed by atoms with van der Waals surface area (Å²) in [4.78, 5) is 11.1. The van der Waals surface area contributed by atoms with Crippen molar-refractivity contribution in [3.8, 4) is 0 Å². The fourth-order valence-electron chi connectivity index (χ4n) is 2.80. The van der Waals surface area contributed by atoms with E-state index in [4.69, 9.17) is 5.73 Å². The van der Waals surface area contributed by atoms with Gasteiger partial charge in [-0.05, 0) is 24.5 Å². The number of carbonyl (C=O) groups excluding carboxylic acids is 1. The third-order valence-corrected chi connectivity index (χ3v) is 3.63. The maximum Gasteiger partial charge on any atom is 0.153 e. The van der Waals surface area contributed by atoms with Crippen LogP contribution in [0.5, 0.6) is 0 Å². The second-order valence-corrected chi connectivity index (χ2v) is 4.77. The van der Waals surface area contributed by atoms with E-state index < -0.39 is 5.82 Å². The highest BCUT2D eigenvalue weighted by Gasteiger charge is 2.26. The molecule has 1 aliphatic rings. The highest BCUT2D eigenvalue weighted by atomic mass is 19.1. The molecule has 5 heteroatoms. The first-order valence-electron chi connectivity index (χ1n) is 6.27. The number of aldehydes is 1. The molecule has 0 fully saturated rings. The van der Waals surface area contributed by atoms with Gasteiger partial charge in [0.1, 0.15) is 11.6 Å². The molecule has 19 heavy (non-hydrogen) atoms. The molecule has 0 radical (unpaired) electrons. The van der Waals surface area contributed by atoms with Gasteiger partial charge >= 0.3 is 0 Å². The van der Waals surface area contributed by atoms with Crippen LogP contribution in [0.25, 0.3) is 0 Å². The van der Waals surface area contributed by atoms with Gasteiger partial charge < -0.3 is 5.73 Å². The summed E-state index contributed by atoms with van der Waals surface area (Å²) in [5, 5.41) is 4.22. The molecule has 2 heterocycles. The normalized spacial score (nSPS) is 18.1. The molecule has 2 aromatic rings. The van der Waals surface area contributed by atoms with Crippen LogP contribution >= 0.6 is 0 Å². The summed E-state index contributed by atoms with van der Waals surface area (Å²) >= 11 is 0. The SMILES string of the molecule is Nc1cc2n(n1)CCCC2c1cccc(F)c1C=O. The van der Waals surface area contributed by atoms with E-state index in [1.54, 1.807) is 12.1 Å². The minimum atomic E-state index is -0.475. The molecule has 0 saturated heterocycles. The lowest BCUT2D eigenvalue weighted by molar-refractivity contribution is 0.111. The Morgan fingerprint density at radius 3 is 3.11 bits per heavy atom. The van der Waals surface area contributed by atoms with Crippen molar-refractivity contribution in [1.82, 2.24) is 9.78 Å². The number of hydrogen-bond donors (Lipinski definition) is 1. The van der Waals surface area contributed by atoms with Crippen LogP contribution in [-0.4, -0.2) is 16.1 Å². The van der Waals surface area contributed by atoms with Crippen LogP contribution in [0.3, 0.4) is 0 Å². The van der Waals surface area contributed by atoms with Gasteiger partial charge in [-0.3, -0.25) is 9.48 Å². The number of anilines is 1. The van der Waals surface area contributed by atoms with E-state index in [0.29, 0.717) is 12.1 Å². The van der Waals surface area contributed by atoms with E-state index in [1.807, 2.05) is 10.7 Å². The van der Waals surface area contributed by atoms with Gasteiger partial charge in [0.2, 0.25) is 0 Å². The van der Waals surface area contributed by atoms with Crippen molar-refractivity contribution < 1.29 is 9.18 Å². The maximum absolute atomic E-state index is 13.7. The molecule has 1 aliphatic heterocycles. The Hall–Kier alpha value is -2.17. The van der Waals surface area contributed by atoms with Crippen LogP contribution < -0.4 is 5.73 Å². The van der Waals surface area contributed by atoms with Crippen molar-refractivity contribution in [2.75, 3.05) is 5.73 Å². The topological polar surface area (TPSA) is 60.9 Å². The molecule has 3 rings (SSSR count). The van der Waals surface area contributed by atoms with Crippen LogP contribution in [-0.2, 0) is 6.54 Å². The van der Waals surface area contributed by atoms with Gasteiger partial charge in [-0.15, -0.1) is 0 Å². The fraction of sp³-hybridized carbons (Fsp3) is 0.286. The van der Waals surface area contributed by atoms with Crippen molar-refractivity contribution in [2.24, 2.45) is 0 Å². The van der Waals surface area contributed by atoms with E-state index >= 15 is 0 Å². The molecule has 4 nitrogen and oxygen atoms in total. The van der Waals surface area contributed by atoms with Crippen LogP contribution in [0.1, 0.15) is 40.4 Å².